The third-order valence-electron chi connectivity index (χ3n) is 4.69. The number of nitrogens with zero attached hydrogens (tertiary/aromatic N) is 1. The Morgan fingerprint density at radius 3 is 2.06 bits per heavy atom. The summed E-state index contributed by atoms with van der Waals surface area (Å²) in [5, 5.41) is 3.62. The van der Waals surface area contributed by atoms with E-state index in [0.717, 1.165) is 17.9 Å². The Labute approximate surface area is 118 Å². The third-order valence-corrected chi connectivity index (χ3v) is 4.69. The van der Waals surface area contributed by atoms with Gasteiger partial charge in [-0.25, -0.2) is 0 Å². The summed E-state index contributed by atoms with van der Waals surface area (Å²) in [6, 6.07) is 0.810. The van der Waals surface area contributed by atoms with E-state index in [2.05, 4.69) is 10.2 Å². The van der Waals surface area contributed by atoms with Crippen molar-refractivity contribution < 1.29 is 0 Å². The second kappa shape index (κ2) is 7.18. The van der Waals surface area contributed by atoms with Gasteiger partial charge in [0.2, 0.25) is 0 Å². The monoisotopic (exact) mass is 280 g/mol. The highest BCUT2D eigenvalue weighted by atomic mass is 35.5. The van der Waals surface area contributed by atoms with Gasteiger partial charge in [-0.05, 0) is 44.1 Å². The van der Waals surface area contributed by atoms with E-state index in [1.807, 2.05) is 0 Å². The molecule has 2 aliphatic heterocycles. The zero-order chi connectivity index (χ0) is 10.1. The summed E-state index contributed by atoms with van der Waals surface area (Å²) in [5.74, 6) is 2.11. The zero-order valence-electron chi connectivity index (χ0n) is 10.6. The van der Waals surface area contributed by atoms with E-state index in [1.165, 1.54) is 64.7 Å². The Hall–Kier alpha value is 0.500. The molecule has 102 valence electrons. The van der Waals surface area contributed by atoms with Crippen molar-refractivity contribution in [2.75, 3.05) is 26.2 Å². The number of likely N-dealkylation sites (tertiary alicyclic amines) is 1. The van der Waals surface area contributed by atoms with Crippen molar-refractivity contribution in [2.24, 2.45) is 11.8 Å². The highest BCUT2D eigenvalue weighted by Gasteiger charge is 2.35. The highest BCUT2D eigenvalue weighted by Crippen LogP contribution is 2.36. The molecule has 0 unspecified atom stereocenters. The molecule has 2 heterocycles. The van der Waals surface area contributed by atoms with Gasteiger partial charge in [-0.15, -0.1) is 24.8 Å². The van der Waals surface area contributed by atoms with Crippen LogP contribution < -0.4 is 5.32 Å². The third kappa shape index (κ3) is 3.73. The van der Waals surface area contributed by atoms with E-state index in [9.17, 15) is 0 Å². The first-order chi connectivity index (χ1) is 7.42. The fourth-order valence-corrected chi connectivity index (χ4v) is 3.88. The number of hydrogen-bond acceptors (Lipinski definition) is 2. The van der Waals surface area contributed by atoms with E-state index >= 15 is 0 Å². The zero-order valence-corrected chi connectivity index (χ0v) is 12.2. The minimum absolute atomic E-state index is 0. The summed E-state index contributed by atoms with van der Waals surface area (Å²) in [7, 11) is 0. The molecule has 3 fully saturated rings. The van der Waals surface area contributed by atoms with Crippen LogP contribution in [0.2, 0.25) is 0 Å². The van der Waals surface area contributed by atoms with Crippen molar-refractivity contribution in [3.05, 3.63) is 0 Å². The Bertz CT molecular complexity index is 205. The van der Waals surface area contributed by atoms with Gasteiger partial charge in [-0.3, -0.25) is 0 Å². The summed E-state index contributed by atoms with van der Waals surface area (Å²) < 4.78 is 0. The van der Waals surface area contributed by atoms with E-state index in [4.69, 9.17) is 0 Å². The Balaban J connectivity index is 0.000000722. The van der Waals surface area contributed by atoms with Crippen LogP contribution in [0, 0.1) is 11.8 Å². The van der Waals surface area contributed by atoms with Crippen molar-refractivity contribution in [1.82, 2.24) is 10.2 Å². The fourth-order valence-electron chi connectivity index (χ4n) is 3.88. The topological polar surface area (TPSA) is 15.3 Å². The van der Waals surface area contributed by atoms with Gasteiger partial charge in [0.05, 0.1) is 0 Å². The van der Waals surface area contributed by atoms with Crippen LogP contribution in [0.25, 0.3) is 0 Å². The number of hydrogen-bond donors (Lipinski definition) is 1. The number of fused-ring (bicyclic) bond motifs is 1. The lowest BCUT2D eigenvalue weighted by Crippen LogP contribution is -2.36. The second-order valence-electron chi connectivity index (χ2n) is 5.82. The predicted octanol–water partition coefficient (Wildman–Crippen LogP) is 2.70. The van der Waals surface area contributed by atoms with E-state index in [0.29, 0.717) is 0 Å². The van der Waals surface area contributed by atoms with Crippen LogP contribution >= 0.6 is 24.8 Å². The average molecular weight is 281 g/mol. The van der Waals surface area contributed by atoms with Crippen molar-refractivity contribution >= 4 is 24.8 Å². The van der Waals surface area contributed by atoms with Gasteiger partial charge in [-0.1, -0.05) is 12.8 Å². The molecule has 0 radical (unpaired) electrons. The quantitative estimate of drug-likeness (QED) is 0.837. The molecule has 1 aliphatic carbocycles. The molecule has 0 amide bonds. The van der Waals surface area contributed by atoms with Gasteiger partial charge in [0.1, 0.15) is 0 Å². The SMILES string of the molecule is C1CN[C@@H](CN2C[C@H]3CCCC[C@H]3C2)C1.Cl.Cl. The molecule has 4 heteroatoms. The maximum atomic E-state index is 3.62. The van der Waals surface area contributed by atoms with Gasteiger partial charge in [0.15, 0.2) is 0 Å². The van der Waals surface area contributed by atoms with Crippen LogP contribution in [0.4, 0.5) is 0 Å². The number of rotatable bonds is 2. The maximum absolute atomic E-state index is 3.62. The minimum Gasteiger partial charge on any atom is -0.313 e. The van der Waals surface area contributed by atoms with Crippen molar-refractivity contribution in [1.29, 1.82) is 0 Å². The Morgan fingerprint density at radius 2 is 1.53 bits per heavy atom. The van der Waals surface area contributed by atoms with E-state index in [1.54, 1.807) is 0 Å². The molecular formula is C13H26Cl2N2. The summed E-state index contributed by atoms with van der Waals surface area (Å²) in [5.41, 5.74) is 0. The molecule has 3 rings (SSSR count). The van der Waals surface area contributed by atoms with E-state index < -0.39 is 0 Å². The molecule has 1 N–H and O–H groups in total. The van der Waals surface area contributed by atoms with Crippen LogP contribution in [0.3, 0.4) is 0 Å². The van der Waals surface area contributed by atoms with Crippen LogP contribution in [0.1, 0.15) is 38.5 Å². The fraction of sp³-hybridized carbons (Fsp3) is 1.00. The summed E-state index contributed by atoms with van der Waals surface area (Å²) in [6.07, 6.45) is 8.82. The van der Waals surface area contributed by atoms with Gasteiger partial charge in [0, 0.05) is 25.7 Å². The molecule has 0 spiro atoms. The van der Waals surface area contributed by atoms with Gasteiger partial charge >= 0.3 is 0 Å². The minimum atomic E-state index is 0. The first-order valence-electron chi connectivity index (χ1n) is 6.87. The average Bonchev–Trinajstić information content (AvgIpc) is 2.86. The second-order valence-corrected chi connectivity index (χ2v) is 5.82. The maximum Gasteiger partial charge on any atom is 0.0195 e. The molecule has 3 aliphatic rings. The molecule has 1 saturated carbocycles. The largest absolute Gasteiger partial charge is 0.313 e. The van der Waals surface area contributed by atoms with E-state index in [-0.39, 0.29) is 24.8 Å². The number of nitrogens with one attached hydrogen (secondary N) is 1. The molecule has 0 aromatic carbocycles. The van der Waals surface area contributed by atoms with Gasteiger partial charge in [0.25, 0.3) is 0 Å². The molecule has 3 atom stereocenters. The highest BCUT2D eigenvalue weighted by molar-refractivity contribution is 5.85. The first kappa shape index (κ1) is 15.6. The molecule has 0 aromatic rings. The lowest BCUT2D eigenvalue weighted by atomic mass is 9.82. The van der Waals surface area contributed by atoms with Crippen molar-refractivity contribution in [2.45, 2.75) is 44.6 Å². The Morgan fingerprint density at radius 1 is 0.882 bits per heavy atom. The van der Waals surface area contributed by atoms with Crippen LogP contribution in [0.15, 0.2) is 0 Å². The van der Waals surface area contributed by atoms with Crippen molar-refractivity contribution in [3.63, 3.8) is 0 Å². The summed E-state index contributed by atoms with van der Waals surface area (Å²) in [4.78, 5) is 2.74. The standard InChI is InChI=1S/C13H24N2.2ClH/c1-2-5-12-9-15(8-11(12)4-1)10-13-6-3-7-14-13;;/h11-14H,1-10H2;2*1H/t11-,12+,13-;;/m1../s1. The molecule has 0 aromatic heterocycles. The van der Waals surface area contributed by atoms with Crippen LogP contribution in [-0.4, -0.2) is 37.1 Å². The summed E-state index contributed by atoms with van der Waals surface area (Å²) in [6.45, 7) is 5.39. The summed E-state index contributed by atoms with van der Waals surface area (Å²) >= 11 is 0. The molecule has 2 saturated heterocycles. The van der Waals surface area contributed by atoms with Crippen LogP contribution in [0.5, 0.6) is 0 Å². The predicted molar refractivity (Wildman–Crippen MR) is 77.4 cm³/mol. The normalized spacial score (nSPS) is 37.1. The lowest BCUT2D eigenvalue weighted by molar-refractivity contribution is 0.289. The molecular weight excluding hydrogens is 255 g/mol. The van der Waals surface area contributed by atoms with Crippen molar-refractivity contribution in [3.8, 4) is 0 Å². The van der Waals surface area contributed by atoms with Gasteiger partial charge in [-0.2, -0.15) is 0 Å². The van der Waals surface area contributed by atoms with Crippen LogP contribution in [-0.2, 0) is 0 Å². The molecule has 2 nitrogen and oxygen atoms in total. The molecule has 17 heavy (non-hydrogen) atoms. The molecule has 0 bridgehead atoms. The Kier molecular flexibility index (Phi) is 6.57. The lowest BCUT2D eigenvalue weighted by Gasteiger charge is -2.23. The first-order valence-corrected chi connectivity index (χ1v) is 6.87. The number of halogens is 2. The van der Waals surface area contributed by atoms with Gasteiger partial charge < -0.3 is 10.2 Å². The smallest absolute Gasteiger partial charge is 0.0195 e.